The van der Waals surface area contributed by atoms with Crippen LogP contribution in [0.3, 0.4) is 0 Å². The van der Waals surface area contributed by atoms with Gasteiger partial charge in [0, 0.05) is 36.0 Å². The van der Waals surface area contributed by atoms with E-state index in [1.807, 2.05) is 31.7 Å². The molecule has 0 spiro atoms. The van der Waals surface area contributed by atoms with E-state index in [1.54, 1.807) is 13.2 Å². The fraction of sp³-hybridized carbons (Fsp3) is 0.600. The van der Waals surface area contributed by atoms with Crippen LogP contribution in [-0.2, 0) is 9.59 Å². The summed E-state index contributed by atoms with van der Waals surface area (Å²) in [6, 6.07) is 3.54. The molecule has 5 nitrogen and oxygen atoms in total. The van der Waals surface area contributed by atoms with Gasteiger partial charge in [0.2, 0.25) is 11.8 Å². The van der Waals surface area contributed by atoms with Crippen molar-refractivity contribution in [1.82, 2.24) is 4.90 Å². The number of nitrogens with zero attached hydrogens (tertiary/aromatic N) is 1. The number of benzene rings is 1. The maximum Gasteiger partial charge on any atom is 0.227 e. The lowest BCUT2D eigenvalue weighted by molar-refractivity contribution is -0.138. The highest BCUT2D eigenvalue weighted by Crippen LogP contribution is 2.32. The molecule has 0 atom stereocenters. The van der Waals surface area contributed by atoms with E-state index in [1.165, 1.54) is 0 Å². The van der Waals surface area contributed by atoms with Gasteiger partial charge in [0.05, 0.1) is 12.8 Å². The highest BCUT2D eigenvalue weighted by Gasteiger charge is 2.30. The van der Waals surface area contributed by atoms with Gasteiger partial charge >= 0.3 is 0 Å². The number of likely N-dealkylation sites (tertiary alicyclic amines) is 1. The van der Waals surface area contributed by atoms with Crippen LogP contribution in [0.4, 0.5) is 5.69 Å². The zero-order valence-electron chi connectivity index (χ0n) is 16.1. The summed E-state index contributed by atoms with van der Waals surface area (Å²) in [5, 5.41) is 3.57. The minimum atomic E-state index is -0.0959. The molecule has 1 fully saturated rings. The van der Waals surface area contributed by atoms with Crippen molar-refractivity contribution in [3.05, 3.63) is 22.7 Å². The molecule has 0 aliphatic carbocycles. The lowest BCUT2D eigenvalue weighted by atomic mass is 9.93. The Morgan fingerprint density at radius 2 is 1.88 bits per heavy atom. The van der Waals surface area contributed by atoms with Crippen molar-refractivity contribution in [2.75, 3.05) is 25.5 Å². The SMILES string of the molecule is CCC(CC)C(=O)N1CCC(C(=O)Nc2cc(C)c(Cl)cc2OC)CC1. The molecule has 0 bridgehead atoms. The van der Waals surface area contributed by atoms with Gasteiger partial charge in [-0.1, -0.05) is 25.4 Å². The Bertz CT molecular complexity index is 651. The van der Waals surface area contributed by atoms with Crippen molar-refractivity contribution in [2.24, 2.45) is 11.8 Å². The summed E-state index contributed by atoms with van der Waals surface area (Å²) < 4.78 is 5.32. The normalized spacial score (nSPS) is 15.2. The van der Waals surface area contributed by atoms with Crippen LogP contribution in [0.1, 0.15) is 45.1 Å². The predicted octanol–water partition coefficient (Wildman–Crippen LogP) is 4.27. The number of carbonyl (C=O) groups excluding carboxylic acids is 2. The molecule has 1 saturated heterocycles. The van der Waals surface area contributed by atoms with Gasteiger partial charge in [0.25, 0.3) is 0 Å². The van der Waals surface area contributed by atoms with Crippen LogP contribution >= 0.6 is 11.6 Å². The molecule has 0 saturated carbocycles. The minimum absolute atomic E-state index is 0.0281. The number of carbonyl (C=O) groups is 2. The van der Waals surface area contributed by atoms with Crippen LogP contribution in [0.25, 0.3) is 0 Å². The molecule has 1 aliphatic rings. The van der Waals surface area contributed by atoms with E-state index in [0.717, 1.165) is 18.4 Å². The summed E-state index contributed by atoms with van der Waals surface area (Å²) in [7, 11) is 1.55. The fourth-order valence-electron chi connectivity index (χ4n) is 3.42. The largest absolute Gasteiger partial charge is 0.495 e. The molecule has 1 aromatic rings. The van der Waals surface area contributed by atoms with Gasteiger partial charge in [-0.25, -0.2) is 0 Å². The number of hydrogen-bond acceptors (Lipinski definition) is 3. The number of hydrogen-bond donors (Lipinski definition) is 1. The predicted molar refractivity (Wildman–Crippen MR) is 105 cm³/mol. The Morgan fingerprint density at radius 1 is 1.27 bits per heavy atom. The Labute approximate surface area is 161 Å². The number of aryl methyl sites for hydroxylation is 1. The molecule has 0 unspecified atom stereocenters. The Morgan fingerprint density at radius 3 is 2.42 bits per heavy atom. The molecule has 1 aromatic carbocycles. The van der Waals surface area contributed by atoms with E-state index in [0.29, 0.717) is 42.4 Å². The van der Waals surface area contributed by atoms with Crippen molar-refractivity contribution in [3.63, 3.8) is 0 Å². The number of anilines is 1. The Balaban J connectivity index is 1.97. The summed E-state index contributed by atoms with van der Waals surface area (Å²) in [5.74, 6) is 0.752. The zero-order chi connectivity index (χ0) is 19.3. The van der Waals surface area contributed by atoms with Gasteiger partial charge in [-0.05, 0) is 44.2 Å². The topological polar surface area (TPSA) is 58.6 Å². The average Bonchev–Trinajstić information content (AvgIpc) is 2.65. The minimum Gasteiger partial charge on any atom is -0.495 e. The first-order chi connectivity index (χ1) is 12.4. The van der Waals surface area contributed by atoms with Gasteiger partial charge in [-0.3, -0.25) is 9.59 Å². The van der Waals surface area contributed by atoms with E-state index >= 15 is 0 Å². The first-order valence-corrected chi connectivity index (χ1v) is 9.72. The quantitative estimate of drug-likeness (QED) is 0.801. The molecule has 1 heterocycles. The molecule has 1 aliphatic heterocycles. The third kappa shape index (κ3) is 4.70. The number of ether oxygens (including phenoxy) is 1. The van der Waals surface area contributed by atoms with Gasteiger partial charge in [0.15, 0.2) is 0 Å². The second-order valence-corrected chi connectivity index (χ2v) is 7.31. The molecule has 2 rings (SSSR count). The number of nitrogens with one attached hydrogen (secondary N) is 1. The lowest BCUT2D eigenvalue weighted by Gasteiger charge is -2.33. The maximum absolute atomic E-state index is 12.7. The zero-order valence-corrected chi connectivity index (χ0v) is 16.9. The van der Waals surface area contributed by atoms with E-state index in [4.69, 9.17) is 16.3 Å². The highest BCUT2D eigenvalue weighted by atomic mass is 35.5. The number of halogens is 1. The van der Waals surface area contributed by atoms with Crippen molar-refractivity contribution < 1.29 is 14.3 Å². The van der Waals surface area contributed by atoms with Crippen molar-refractivity contribution in [3.8, 4) is 5.75 Å². The van der Waals surface area contributed by atoms with E-state index < -0.39 is 0 Å². The first kappa shape index (κ1) is 20.6. The first-order valence-electron chi connectivity index (χ1n) is 9.34. The standard InChI is InChI=1S/C20H29ClN2O3/c1-5-14(6-2)20(25)23-9-7-15(8-10-23)19(24)22-17-11-13(3)16(21)12-18(17)26-4/h11-12,14-15H,5-10H2,1-4H3,(H,22,24). The molecule has 2 amide bonds. The summed E-state index contributed by atoms with van der Waals surface area (Å²) in [5.41, 5.74) is 1.52. The maximum atomic E-state index is 12.7. The molecule has 0 radical (unpaired) electrons. The van der Waals surface area contributed by atoms with Gasteiger partial charge in [0.1, 0.15) is 5.75 Å². The van der Waals surface area contributed by atoms with Gasteiger partial charge < -0.3 is 15.0 Å². The smallest absolute Gasteiger partial charge is 0.227 e. The summed E-state index contributed by atoms with van der Waals surface area (Å²) >= 11 is 6.11. The average molecular weight is 381 g/mol. The molecule has 0 aromatic heterocycles. The van der Waals surface area contributed by atoms with Crippen LogP contribution < -0.4 is 10.1 Å². The van der Waals surface area contributed by atoms with Crippen LogP contribution in [0.2, 0.25) is 5.02 Å². The third-order valence-electron chi connectivity index (χ3n) is 5.25. The van der Waals surface area contributed by atoms with E-state index in [-0.39, 0.29) is 23.7 Å². The number of piperidine rings is 1. The Kier molecular flexibility index (Phi) is 7.33. The molecule has 26 heavy (non-hydrogen) atoms. The van der Waals surface area contributed by atoms with Gasteiger partial charge in [-0.15, -0.1) is 0 Å². The molecule has 6 heteroatoms. The third-order valence-corrected chi connectivity index (χ3v) is 5.66. The molecular weight excluding hydrogens is 352 g/mol. The molecule has 1 N–H and O–H groups in total. The van der Waals surface area contributed by atoms with Crippen LogP contribution in [0, 0.1) is 18.8 Å². The highest BCUT2D eigenvalue weighted by molar-refractivity contribution is 6.31. The summed E-state index contributed by atoms with van der Waals surface area (Å²) in [6.07, 6.45) is 3.11. The molecule has 144 valence electrons. The summed E-state index contributed by atoms with van der Waals surface area (Å²) in [6.45, 7) is 7.27. The number of amides is 2. The van der Waals surface area contributed by atoms with Crippen LogP contribution in [0.15, 0.2) is 12.1 Å². The fourth-order valence-corrected chi connectivity index (χ4v) is 3.58. The summed E-state index contributed by atoms with van der Waals surface area (Å²) in [4.78, 5) is 27.0. The number of methoxy groups -OCH3 is 1. The Hall–Kier alpha value is -1.75. The van der Waals surface area contributed by atoms with Crippen molar-refractivity contribution in [2.45, 2.75) is 46.5 Å². The van der Waals surface area contributed by atoms with Crippen LogP contribution in [0.5, 0.6) is 5.75 Å². The number of rotatable bonds is 6. The van der Waals surface area contributed by atoms with E-state index in [2.05, 4.69) is 5.32 Å². The van der Waals surface area contributed by atoms with E-state index in [9.17, 15) is 9.59 Å². The second kappa shape index (κ2) is 9.26. The lowest BCUT2D eigenvalue weighted by Crippen LogP contribution is -2.43. The second-order valence-electron chi connectivity index (χ2n) is 6.90. The monoisotopic (exact) mass is 380 g/mol. The molecular formula is C20H29ClN2O3. The van der Waals surface area contributed by atoms with Crippen molar-refractivity contribution >= 4 is 29.1 Å². The van der Waals surface area contributed by atoms with Crippen LogP contribution in [-0.4, -0.2) is 36.9 Å². The van der Waals surface area contributed by atoms with Gasteiger partial charge in [-0.2, -0.15) is 0 Å². The van der Waals surface area contributed by atoms with Crippen molar-refractivity contribution in [1.29, 1.82) is 0 Å².